The van der Waals surface area contributed by atoms with Gasteiger partial charge in [-0.25, -0.2) is 4.98 Å². The Bertz CT molecular complexity index is 1090. The second-order valence-electron chi connectivity index (χ2n) is 8.19. The van der Waals surface area contributed by atoms with Crippen molar-refractivity contribution in [2.24, 2.45) is 5.92 Å². The third-order valence-electron chi connectivity index (χ3n) is 6.17. The summed E-state index contributed by atoms with van der Waals surface area (Å²) in [5.41, 5.74) is 2.74. The van der Waals surface area contributed by atoms with Crippen molar-refractivity contribution in [2.45, 2.75) is 32.1 Å². The molecule has 1 atom stereocenters. The number of fused-ring (bicyclic) bond motifs is 2. The molecule has 1 aromatic carbocycles. The maximum Gasteiger partial charge on any atom is 0.231 e. The average Bonchev–Trinajstić information content (AvgIpc) is 3.38. The molecule has 2 aromatic heterocycles. The molecule has 3 aromatic rings. The second kappa shape index (κ2) is 7.84. The van der Waals surface area contributed by atoms with E-state index in [1.54, 1.807) is 0 Å². The first kappa shape index (κ1) is 19.2. The van der Waals surface area contributed by atoms with E-state index < -0.39 is 0 Å². The van der Waals surface area contributed by atoms with E-state index in [9.17, 15) is 4.79 Å². The van der Waals surface area contributed by atoms with Crippen molar-refractivity contribution in [2.75, 3.05) is 19.9 Å². The number of nitrogens with zero attached hydrogens (tertiary/aromatic N) is 3. The fourth-order valence-electron chi connectivity index (χ4n) is 4.32. The number of aromatic nitrogens is 2. The fourth-order valence-corrected chi connectivity index (χ4v) is 4.48. The summed E-state index contributed by atoms with van der Waals surface area (Å²) in [6, 6.07) is 9.60. The number of carbonyl (C=O) groups is 1. The van der Waals surface area contributed by atoms with Crippen LogP contribution < -0.4 is 9.47 Å². The Morgan fingerprint density at radius 1 is 1.20 bits per heavy atom. The number of ether oxygens (including phenoxy) is 2. The van der Waals surface area contributed by atoms with Crippen LogP contribution in [0.5, 0.6) is 11.5 Å². The minimum Gasteiger partial charge on any atom is -0.454 e. The molecular formula is C23H24ClN3O3. The summed E-state index contributed by atoms with van der Waals surface area (Å²) < 4.78 is 13.0. The van der Waals surface area contributed by atoms with Crippen LogP contribution in [-0.2, 0) is 4.79 Å². The Kier molecular flexibility index (Phi) is 5.03. The molecule has 7 heteroatoms. The van der Waals surface area contributed by atoms with Crippen LogP contribution in [0.2, 0.25) is 5.02 Å². The summed E-state index contributed by atoms with van der Waals surface area (Å²) in [4.78, 5) is 19.8. The normalized spacial score (nSPS) is 17.5. The molecule has 1 fully saturated rings. The Balaban J connectivity index is 1.52. The second-order valence-corrected chi connectivity index (χ2v) is 8.63. The molecule has 0 radical (unpaired) electrons. The molecule has 30 heavy (non-hydrogen) atoms. The molecule has 4 heterocycles. The lowest BCUT2D eigenvalue weighted by Crippen LogP contribution is -2.38. The Labute approximate surface area is 180 Å². The summed E-state index contributed by atoms with van der Waals surface area (Å²) >= 11 is 6.26. The molecule has 156 valence electrons. The number of likely N-dealkylation sites (tertiary alicyclic amines) is 1. The molecule has 1 amide bonds. The highest BCUT2D eigenvalue weighted by Gasteiger charge is 2.28. The molecule has 1 unspecified atom stereocenters. The third kappa shape index (κ3) is 3.60. The Morgan fingerprint density at radius 2 is 2.00 bits per heavy atom. The van der Waals surface area contributed by atoms with Gasteiger partial charge in [0.2, 0.25) is 12.7 Å². The van der Waals surface area contributed by atoms with Gasteiger partial charge < -0.3 is 18.8 Å². The number of hydrogen-bond acceptors (Lipinski definition) is 4. The molecule has 2 aliphatic heterocycles. The molecule has 0 bridgehead atoms. The maximum atomic E-state index is 13.2. The molecule has 6 nitrogen and oxygen atoms in total. The van der Waals surface area contributed by atoms with Gasteiger partial charge in [0.15, 0.2) is 11.5 Å². The average molecular weight is 426 g/mol. The lowest BCUT2D eigenvalue weighted by molar-refractivity contribution is -0.132. The van der Waals surface area contributed by atoms with Crippen LogP contribution in [0.4, 0.5) is 0 Å². The van der Waals surface area contributed by atoms with Crippen molar-refractivity contribution in [3.05, 3.63) is 59.0 Å². The van der Waals surface area contributed by atoms with Crippen molar-refractivity contribution >= 4 is 23.2 Å². The van der Waals surface area contributed by atoms with E-state index in [4.69, 9.17) is 21.1 Å². The van der Waals surface area contributed by atoms with Crippen molar-refractivity contribution in [3.63, 3.8) is 0 Å². The van der Waals surface area contributed by atoms with E-state index >= 15 is 0 Å². The highest BCUT2D eigenvalue weighted by Crippen LogP contribution is 2.38. The standard InChI is InChI=1S/C23H24ClN3O3/c1-15-6-8-26(9-7-15)23(28)11-18(16-2-4-20-21(10-16)30-14-29-20)19-12-25-22-5-3-17(24)13-27(19)22/h2-5,10,12-13,15,18H,6-9,11,14H2,1H3. The number of imidazole rings is 1. The molecular weight excluding hydrogens is 402 g/mol. The largest absolute Gasteiger partial charge is 0.454 e. The molecule has 0 N–H and O–H groups in total. The smallest absolute Gasteiger partial charge is 0.231 e. The quantitative estimate of drug-likeness (QED) is 0.617. The zero-order valence-corrected chi connectivity index (χ0v) is 17.6. The van der Waals surface area contributed by atoms with E-state index in [0.717, 1.165) is 48.6 Å². The highest BCUT2D eigenvalue weighted by molar-refractivity contribution is 6.30. The topological polar surface area (TPSA) is 56.1 Å². The molecule has 1 saturated heterocycles. The van der Waals surface area contributed by atoms with Gasteiger partial charge in [-0.1, -0.05) is 24.6 Å². The van der Waals surface area contributed by atoms with Gasteiger partial charge in [0.05, 0.1) is 10.7 Å². The first-order chi connectivity index (χ1) is 14.6. The van der Waals surface area contributed by atoms with Crippen LogP contribution >= 0.6 is 11.6 Å². The summed E-state index contributed by atoms with van der Waals surface area (Å²) in [5.74, 6) is 2.12. The Hall–Kier alpha value is -2.73. The number of hydrogen-bond donors (Lipinski definition) is 0. The van der Waals surface area contributed by atoms with Gasteiger partial charge in [0.1, 0.15) is 5.65 Å². The van der Waals surface area contributed by atoms with E-state index in [-0.39, 0.29) is 18.6 Å². The molecule has 2 aliphatic rings. The molecule has 0 aliphatic carbocycles. The van der Waals surface area contributed by atoms with Crippen molar-refractivity contribution in [1.29, 1.82) is 0 Å². The van der Waals surface area contributed by atoms with Crippen molar-refractivity contribution in [3.8, 4) is 11.5 Å². The first-order valence-electron chi connectivity index (χ1n) is 10.4. The fraction of sp³-hybridized carbons (Fsp3) is 0.391. The summed E-state index contributed by atoms with van der Waals surface area (Å²) in [5, 5.41) is 0.627. The van der Waals surface area contributed by atoms with Crippen LogP contribution in [0, 0.1) is 5.92 Å². The minimum atomic E-state index is -0.167. The summed E-state index contributed by atoms with van der Waals surface area (Å²) in [6.07, 6.45) is 6.18. The van der Waals surface area contributed by atoms with E-state index in [1.165, 1.54) is 0 Å². The number of benzene rings is 1. The number of rotatable bonds is 4. The van der Waals surface area contributed by atoms with Crippen LogP contribution in [0.1, 0.15) is 43.4 Å². The van der Waals surface area contributed by atoms with E-state index in [0.29, 0.717) is 23.1 Å². The number of halogens is 1. The van der Waals surface area contributed by atoms with E-state index in [1.807, 2.05) is 52.0 Å². The number of amides is 1. The van der Waals surface area contributed by atoms with Crippen molar-refractivity contribution in [1.82, 2.24) is 14.3 Å². The molecule has 0 saturated carbocycles. The van der Waals surface area contributed by atoms with E-state index in [2.05, 4.69) is 11.9 Å². The minimum absolute atomic E-state index is 0.167. The van der Waals surface area contributed by atoms with Crippen molar-refractivity contribution < 1.29 is 14.3 Å². The lowest BCUT2D eigenvalue weighted by Gasteiger charge is -2.31. The maximum absolute atomic E-state index is 13.2. The number of carbonyl (C=O) groups excluding carboxylic acids is 1. The monoisotopic (exact) mass is 425 g/mol. The van der Waals surface area contributed by atoms with Crippen LogP contribution in [-0.4, -0.2) is 40.1 Å². The van der Waals surface area contributed by atoms with Gasteiger partial charge in [-0.2, -0.15) is 0 Å². The predicted molar refractivity (Wildman–Crippen MR) is 114 cm³/mol. The first-order valence-corrected chi connectivity index (χ1v) is 10.8. The molecule has 5 rings (SSSR count). The summed E-state index contributed by atoms with van der Waals surface area (Å²) in [7, 11) is 0. The molecule has 0 spiro atoms. The van der Waals surface area contributed by atoms with Gasteiger partial charge in [0, 0.05) is 37.8 Å². The zero-order valence-electron chi connectivity index (χ0n) is 16.9. The van der Waals surface area contributed by atoms with Crippen LogP contribution in [0.3, 0.4) is 0 Å². The highest BCUT2D eigenvalue weighted by atomic mass is 35.5. The zero-order chi connectivity index (χ0) is 20.7. The van der Waals surface area contributed by atoms with Gasteiger partial charge in [0.25, 0.3) is 0 Å². The van der Waals surface area contributed by atoms with Gasteiger partial charge in [-0.05, 0) is 48.6 Å². The Morgan fingerprint density at radius 3 is 2.83 bits per heavy atom. The van der Waals surface area contributed by atoms with Gasteiger partial charge in [-0.15, -0.1) is 0 Å². The predicted octanol–water partition coefficient (Wildman–Crippen LogP) is 4.50. The SMILES string of the molecule is CC1CCN(C(=O)CC(c2ccc3c(c2)OCO3)c2cnc3ccc(Cl)cn23)CC1. The summed E-state index contributed by atoms with van der Waals surface area (Å²) in [6.45, 7) is 4.12. The third-order valence-corrected chi connectivity index (χ3v) is 6.39. The lowest BCUT2D eigenvalue weighted by atomic mass is 9.91. The number of piperidine rings is 1. The number of pyridine rings is 1. The van der Waals surface area contributed by atoms with Crippen LogP contribution in [0.25, 0.3) is 5.65 Å². The van der Waals surface area contributed by atoms with Gasteiger partial charge >= 0.3 is 0 Å². The van der Waals surface area contributed by atoms with Crippen LogP contribution in [0.15, 0.2) is 42.7 Å². The van der Waals surface area contributed by atoms with Gasteiger partial charge in [-0.3, -0.25) is 4.79 Å².